The van der Waals surface area contributed by atoms with Crippen molar-refractivity contribution in [1.82, 2.24) is 24.9 Å². The molecule has 4 heterocycles. The predicted octanol–water partition coefficient (Wildman–Crippen LogP) is 2.81. The standard InChI is InChI=1S/C30H30N8O3/c39-26-23-10-4-8-22-9-5-11-24(25(22)23)27(40)38(26)34-28-31-29(33-30(32-28)37-16-18-41-19-17-37)36-14-12-35(13-15-36)20-21-6-2-1-3-7-21/h1-11H,12-20H2,(H,31,32,33,34). The minimum absolute atomic E-state index is 0.150. The van der Waals surface area contributed by atoms with Crippen LogP contribution in [-0.4, -0.2) is 89.2 Å². The van der Waals surface area contributed by atoms with Gasteiger partial charge in [0.1, 0.15) is 0 Å². The number of carbonyl (C=O) groups excluding carboxylic acids is 2. The molecule has 11 nitrogen and oxygen atoms in total. The van der Waals surface area contributed by atoms with Crippen molar-refractivity contribution in [3.05, 3.63) is 83.4 Å². The molecule has 0 spiro atoms. The molecule has 0 aliphatic carbocycles. The molecule has 2 amide bonds. The number of morpholine rings is 1. The molecule has 41 heavy (non-hydrogen) atoms. The fraction of sp³-hybridized carbons (Fsp3) is 0.300. The summed E-state index contributed by atoms with van der Waals surface area (Å²) in [5, 5.41) is 2.53. The summed E-state index contributed by atoms with van der Waals surface area (Å²) >= 11 is 0. The number of benzene rings is 3. The average Bonchev–Trinajstić information content (AvgIpc) is 3.03. The Morgan fingerprint density at radius 3 is 1.93 bits per heavy atom. The van der Waals surface area contributed by atoms with Gasteiger partial charge in [0.2, 0.25) is 17.8 Å². The summed E-state index contributed by atoms with van der Waals surface area (Å²) in [6.45, 7) is 6.55. The maximum Gasteiger partial charge on any atom is 0.280 e. The lowest BCUT2D eigenvalue weighted by molar-refractivity contribution is 0.0647. The molecule has 0 bridgehead atoms. The number of hydrogen-bond acceptors (Lipinski definition) is 10. The van der Waals surface area contributed by atoms with Gasteiger partial charge in [-0.25, -0.2) is 0 Å². The van der Waals surface area contributed by atoms with Gasteiger partial charge in [-0.05, 0) is 23.1 Å². The van der Waals surface area contributed by atoms with Gasteiger partial charge in [-0.3, -0.25) is 19.9 Å². The molecule has 3 aliphatic heterocycles. The van der Waals surface area contributed by atoms with Gasteiger partial charge in [0.05, 0.1) is 24.3 Å². The molecule has 3 aromatic carbocycles. The van der Waals surface area contributed by atoms with Crippen molar-refractivity contribution in [3.63, 3.8) is 0 Å². The van der Waals surface area contributed by atoms with Gasteiger partial charge in [0.25, 0.3) is 11.8 Å². The van der Waals surface area contributed by atoms with Crippen molar-refractivity contribution in [2.24, 2.45) is 0 Å². The van der Waals surface area contributed by atoms with E-state index in [4.69, 9.17) is 14.7 Å². The van der Waals surface area contributed by atoms with Crippen LogP contribution in [0.25, 0.3) is 10.8 Å². The van der Waals surface area contributed by atoms with E-state index in [-0.39, 0.29) is 5.95 Å². The third-order valence-electron chi connectivity index (χ3n) is 7.79. The first-order valence-electron chi connectivity index (χ1n) is 13.9. The molecule has 0 radical (unpaired) electrons. The Bertz CT molecular complexity index is 1550. The summed E-state index contributed by atoms with van der Waals surface area (Å²) in [7, 11) is 0. The Labute approximate surface area is 237 Å². The third-order valence-corrected chi connectivity index (χ3v) is 7.79. The summed E-state index contributed by atoms with van der Waals surface area (Å²) in [5.74, 6) is 0.276. The molecule has 2 saturated heterocycles. The third kappa shape index (κ3) is 4.94. The van der Waals surface area contributed by atoms with Crippen molar-refractivity contribution in [3.8, 4) is 0 Å². The quantitative estimate of drug-likeness (QED) is 0.360. The summed E-state index contributed by atoms with van der Waals surface area (Å²) in [5.41, 5.74) is 5.15. The number of imide groups is 1. The fourth-order valence-electron chi connectivity index (χ4n) is 5.63. The van der Waals surface area contributed by atoms with Crippen molar-refractivity contribution in [1.29, 1.82) is 0 Å². The van der Waals surface area contributed by atoms with Crippen LogP contribution in [0, 0.1) is 0 Å². The molecule has 208 valence electrons. The zero-order chi connectivity index (χ0) is 27.8. The van der Waals surface area contributed by atoms with Crippen LogP contribution in [0.4, 0.5) is 17.8 Å². The van der Waals surface area contributed by atoms with Crippen molar-refractivity contribution < 1.29 is 14.3 Å². The highest BCUT2D eigenvalue weighted by molar-refractivity contribution is 6.25. The van der Waals surface area contributed by atoms with Crippen LogP contribution in [0.2, 0.25) is 0 Å². The zero-order valence-electron chi connectivity index (χ0n) is 22.6. The number of amides is 2. The highest BCUT2D eigenvalue weighted by atomic mass is 16.5. The van der Waals surface area contributed by atoms with Crippen LogP contribution < -0.4 is 15.2 Å². The first-order chi connectivity index (χ1) is 20.1. The van der Waals surface area contributed by atoms with E-state index in [0.29, 0.717) is 54.7 Å². The van der Waals surface area contributed by atoms with Crippen molar-refractivity contribution in [2.45, 2.75) is 6.54 Å². The molecular formula is C30H30N8O3. The topological polar surface area (TPSA) is 107 Å². The molecule has 1 N–H and O–H groups in total. The van der Waals surface area contributed by atoms with E-state index in [1.54, 1.807) is 12.1 Å². The van der Waals surface area contributed by atoms with E-state index in [0.717, 1.165) is 43.1 Å². The Morgan fingerprint density at radius 2 is 1.29 bits per heavy atom. The number of piperazine rings is 1. The molecule has 11 heteroatoms. The Hall–Kier alpha value is -4.61. The summed E-state index contributed by atoms with van der Waals surface area (Å²) in [6, 6.07) is 21.4. The van der Waals surface area contributed by atoms with Crippen LogP contribution in [0.15, 0.2) is 66.7 Å². The molecule has 4 aromatic rings. The number of ether oxygens (including phenoxy) is 1. The number of rotatable bonds is 6. The van der Waals surface area contributed by atoms with Gasteiger partial charge >= 0.3 is 0 Å². The van der Waals surface area contributed by atoms with Crippen molar-refractivity contribution in [2.75, 3.05) is 67.7 Å². The Morgan fingerprint density at radius 1 is 0.683 bits per heavy atom. The molecule has 0 atom stereocenters. The number of hydrazine groups is 1. The number of hydrogen-bond donors (Lipinski definition) is 1. The SMILES string of the molecule is O=C1c2cccc3cccc(c23)C(=O)N1Nc1nc(N2CCOCC2)nc(N2CCN(Cc3ccccc3)CC2)n1. The number of anilines is 3. The van der Waals surface area contributed by atoms with Gasteiger partial charge < -0.3 is 14.5 Å². The van der Waals surface area contributed by atoms with Crippen LogP contribution in [0.3, 0.4) is 0 Å². The number of carbonyl (C=O) groups is 2. The largest absolute Gasteiger partial charge is 0.378 e. The van der Waals surface area contributed by atoms with Crippen LogP contribution >= 0.6 is 0 Å². The molecule has 0 unspecified atom stereocenters. The highest BCUT2D eigenvalue weighted by Gasteiger charge is 2.34. The second-order valence-corrected chi connectivity index (χ2v) is 10.4. The predicted molar refractivity (Wildman–Crippen MR) is 155 cm³/mol. The number of aromatic nitrogens is 3. The summed E-state index contributed by atoms with van der Waals surface area (Å²) < 4.78 is 5.53. The summed E-state index contributed by atoms with van der Waals surface area (Å²) in [6.07, 6.45) is 0. The Balaban J connectivity index is 1.16. The molecule has 2 fully saturated rings. The first-order valence-corrected chi connectivity index (χ1v) is 13.9. The van der Waals surface area contributed by atoms with Crippen LogP contribution in [0.1, 0.15) is 26.3 Å². The second-order valence-electron chi connectivity index (χ2n) is 10.4. The van der Waals surface area contributed by atoms with E-state index in [1.165, 1.54) is 5.56 Å². The number of nitrogens with zero attached hydrogens (tertiary/aromatic N) is 7. The second kappa shape index (κ2) is 10.8. The fourth-order valence-corrected chi connectivity index (χ4v) is 5.63. The van der Waals surface area contributed by atoms with Gasteiger partial charge in [-0.2, -0.15) is 20.0 Å². The smallest absolute Gasteiger partial charge is 0.280 e. The van der Waals surface area contributed by atoms with Crippen LogP contribution in [0.5, 0.6) is 0 Å². The minimum atomic E-state index is -0.441. The van der Waals surface area contributed by atoms with Gasteiger partial charge in [0.15, 0.2) is 0 Å². The monoisotopic (exact) mass is 550 g/mol. The number of nitrogens with one attached hydrogen (secondary N) is 1. The van der Waals surface area contributed by atoms with E-state index in [2.05, 4.69) is 44.5 Å². The molecule has 1 aromatic heterocycles. The maximum atomic E-state index is 13.5. The van der Waals surface area contributed by atoms with E-state index < -0.39 is 11.8 Å². The lowest BCUT2D eigenvalue weighted by Crippen LogP contribution is -2.47. The Kier molecular flexibility index (Phi) is 6.65. The van der Waals surface area contributed by atoms with Crippen molar-refractivity contribution >= 4 is 40.4 Å². The zero-order valence-corrected chi connectivity index (χ0v) is 22.6. The maximum absolute atomic E-state index is 13.5. The molecule has 7 rings (SSSR count). The first kappa shape index (κ1) is 25.4. The average molecular weight is 551 g/mol. The van der Waals surface area contributed by atoms with Gasteiger partial charge in [-0.15, -0.1) is 0 Å². The highest BCUT2D eigenvalue weighted by Crippen LogP contribution is 2.30. The minimum Gasteiger partial charge on any atom is -0.378 e. The van der Waals surface area contributed by atoms with E-state index in [1.807, 2.05) is 35.2 Å². The molecular weight excluding hydrogens is 520 g/mol. The lowest BCUT2D eigenvalue weighted by atomic mass is 9.95. The normalized spacial score (nSPS) is 17.8. The van der Waals surface area contributed by atoms with Gasteiger partial charge in [0, 0.05) is 51.2 Å². The van der Waals surface area contributed by atoms with Gasteiger partial charge in [-0.1, -0.05) is 54.6 Å². The molecule has 0 saturated carbocycles. The van der Waals surface area contributed by atoms with Crippen LogP contribution in [-0.2, 0) is 11.3 Å². The summed E-state index contributed by atoms with van der Waals surface area (Å²) in [4.78, 5) is 47.8. The van der Waals surface area contributed by atoms with E-state index in [9.17, 15) is 9.59 Å². The lowest BCUT2D eigenvalue weighted by Gasteiger charge is -2.35. The molecule has 3 aliphatic rings. The van der Waals surface area contributed by atoms with E-state index >= 15 is 0 Å².